The molecule has 27 heavy (non-hydrogen) atoms. The van der Waals surface area contributed by atoms with E-state index in [-0.39, 0.29) is 6.04 Å². The van der Waals surface area contributed by atoms with Gasteiger partial charge in [0.05, 0.1) is 23.6 Å². The summed E-state index contributed by atoms with van der Waals surface area (Å²) < 4.78 is 2.04. The Bertz CT molecular complexity index is 764. The second-order valence-corrected chi connectivity index (χ2v) is 7.52. The molecule has 0 aliphatic rings. The van der Waals surface area contributed by atoms with Crippen LogP contribution in [0.2, 0.25) is 0 Å². The molecule has 0 aliphatic heterocycles. The molecule has 0 saturated heterocycles. The van der Waals surface area contributed by atoms with Gasteiger partial charge in [0.2, 0.25) is 0 Å². The highest BCUT2D eigenvalue weighted by atomic mass is 32.1. The fourth-order valence-electron chi connectivity index (χ4n) is 3.27. The minimum Gasteiger partial charge on any atom is -0.359 e. The van der Waals surface area contributed by atoms with Crippen molar-refractivity contribution >= 4 is 23.0 Å². The predicted molar refractivity (Wildman–Crippen MR) is 119 cm³/mol. The Labute approximate surface area is 169 Å². The monoisotopic (exact) mass is 387 g/mol. The van der Waals surface area contributed by atoms with Crippen LogP contribution in [0, 0.1) is 20.8 Å². The summed E-state index contributed by atoms with van der Waals surface area (Å²) in [6.45, 7) is 16.6. The number of benzene rings is 1. The summed E-state index contributed by atoms with van der Waals surface area (Å²) in [5.74, 6) is 0. The summed E-state index contributed by atoms with van der Waals surface area (Å²) in [4.78, 5) is 2.39. The lowest BCUT2D eigenvalue weighted by Gasteiger charge is -2.24. The summed E-state index contributed by atoms with van der Waals surface area (Å²) >= 11 is 5.54. The van der Waals surface area contributed by atoms with Crippen LogP contribution in [0.5, 0.6) is 0 Å². The maximum Gasteiger partial charge on any atom is 0.171 e. The van der Waals surface area contributed by atoms with E-state index in [4.69, 9.17) is 17.3 Å². The summed E-state index contributed by atoms with van der Waals surface area (Å²) in [5.41, 5.74) is 5.61. The normalized spacial score (nSPS) is 12.3. The highest BCUT2D eigenvalue weighted by Crippen LogP contribution is 2.21. The van der Waals surface area contributed by atoms with Crippen LogP contribution in [0.25, 0.3) is 0 Å². The first-order valence-corrected chi connectivity index (χ1v) is 10.1. The van der Waals surface area contributed by atoms with Gasteiger partial charge in [-0.2, -0.15) is 5.10 Å². The minimum absolute atomic E-state index is 0.285. The van der Waals surface area contributed by atoms with E-state index in [1.54, 1.807) is 0 Å². The molecular formula is C21H33N5S. The smallest absolute Gasteiger partial charge is 0.171 e. The van der Waals surface area contributed by atoms with Gasteiger partial charge in [-0.25, -0.2) is 0 Å². The molecule has 6 heteroatoms. The molecule has 0 amide bonds. The third kappa shape index (κ3) is 5.78. The van der Waals surface area contributed by atoms with Gasteiger partial charge < -0.3 is 15.5 Å². The third-order valence-electron chi connectivity index (χ3n) is 5.01. The number of likely N-dealkylation sites (N-methyl/N-ethyl adjacent to an activating group) is 1. The van der Waals surface area contributed by atoms with Gasteiger partial charge in [0.15, 0.2) is 5.11 Å². The molecule has 2 aromatic rings. The van der Waals surface area contributed by atoms with E-state index in [1.165, 1.54) is 11.1 Å². The molecule has 1 aromatic carbocycles. The van der Waals surface area contributed by atoms with E-state index < -0.39 is 0 Å². The molecular weight excluding hydrogens is 354 g/mol. The SMILES string of the molecule is CCN(CC)C[C@@H](C)NC(=S)Nc1c(C)nn(Cc2ccccc2C)c1C. The number of hydrogen-bond acceptors (Lipinski definition) is 3. The van der Waals surface area contributed by atoms with E-state index in [1.807, 2.05) is 11.6 Å². The molecule has 0 radical (unpaired) electrons. The molecule has 0 bridgehead atoms. The number of aryl methyl sites for hydroxylation is 2. The number of thiocarbonyl (C=S) groups is 1. The van der Waals surface area contributed by atoms with Crippen molar-refractivity contribution in [2.24, 2.45) is 0 Å². The van der Waals surface area contributed by atoms with Crippen LogP contribution in [-0.4, -0.2) is 45.5 Å². The lowest BCUT2D eigenvalue weighted by Crippen LogP contribution is -2.43. The molecule has 1 aromatic heterocycles. The van der Waals surface area contributed by atoms with E-state index in [9.17, 15) is 0 Å². The van der Waals surface area contributed by atoms with Crippen LogP contribution in [0.15, 0.2) is 24.3 Å². The van der Waals surface area contributed by atoms with Crippen molar-refractivity contribution in [1.82, 2.24) is 20.0 Å². The minimum atomic E-state index is 0.285. The van der Waals surface area contributed by atoms with Crippen molar-refractivity contribution in [1.29, 1.82) is 0 Å². The fraction of sp³-hybridized carbons (Fsp3) is 0.524. The van der Waals surface area contributed by atoms with Gasteiger partial charge >= 0.3 is 0 Å². The maximum absolute atomic E-state index is 5.54. The average Bonchev–Trinajstić information content (AvgIpc) is 2.89. The Morgan fingerprint density at radius 2 is 1.85 bits per heavy atom. The summed E-state index contributed by atoms with van der Waals surface area (Å²) in [5, 5.41) is 12.1. The topological polar surface area (TPSA) is 45.1 Å². The Morgan fingerprint density at radius 3 is 2.48 bits per heavy atom. The molecule has 0 saturated carbocycles. The lowest BCUT2D eigenvalue weighted by molar-refractivity contribution is 0.282. The Balaban J connectivity index is 2.03. The zero-order valence-electron chi connectivity index (χ0n) is 17.5. The zero-order valence-corrected chi connectivity index (χ0v) is 18.3. The first kappa shape index (κ1) is 21.4. The molecule has 2 N–H and O–H groups in total. The number of anilines is 1. The molecule has 0 aliphatic carbocycles. The van der Waals surface area contributed by atoms with Crippen molar-refractivity contribution < 1.29 is 0 Å². The van der Waals surface area contributed by atoms with Crippen LogP contribution in [0.3, 0.4) is 0 Å². The number of nitrogens with one attached hydrogen (secondary N) is 2. The third-order valence-corrected chi connectivity index (χ3v) is 5.23. The molecule has 0 unspecified atom stereocenters. The average molecular weight is 388 g/mol. The van der Waals surface area contributed by atoms with Crippen molar-refractivity contribution in [2.75, 3.05) is 25.0 Å². The van der Waals surface area contributed by atoms with E-state index in [0.29, 0.717) is 5.11 Å². The largest absolute Gasteiger partial charge is 0.359 e. The van der Waals surface area contributed by atoms with Crippen LogP contribution >= 0.6 is 12.2 Å². The standard InChI is InChI=1S/C21H33N5S/c1-7-25(8-2)13-16(4)22-21(27)23-20-17(5)24-26(18(20)6)14-19-12-10-9-11-15(19)3/h9-12,16H,7-8,13-14H2,1-6H3,(H2,22,23,27)/t16-/m1/s1. The molecule has 1 atom stereocenters. The summed E-state index contributed by atoms with van der Waals surface area (Å²) in [6, 6.07) is 8.71. The molecule has 0 spiro atoms. The summed E-state index contributed by atoms with van der Waals surface area (Å²) in [6.07, 6.45) is 0. The van der Waals surface area contributed by atoms with Crippen molar-refractivity contribution in [3.63, 3.8) is 0 Å². The van der Waals surface area contributed by atoms with Crippen LogP contribution in [-0.2, 0) is 6.54 Å². The number of rotatable bonds is 8. The molecule has 5 nitrogen and oxygen atoms in total. The first-order chi connectivity index (χ1) is 12.8. The highest BCUT2D eigenvalue weighted by molar-refractivity contribution is 7.80. The predicted octanol–water partition coefficient (Wildman–Crippen LogP) is 3.87. The molecule has 148 valence electrons. The highest BCUT2D eigenvalue weighted by Gasteiger charge is 2.15. The van der Waals surface area contributed by atoms with Gasteiger partial charge in [0.1, 0.15) is 0 Å². The number of nitrogens with zero attached hydrogens (tertiary/aromatic N) is 3. The van der Waals surface area contributed by atoms with E-state index in [0.717, 1.165) is 43.3 Å². The maximum atomic E-state index is 5.54. The van der Waals surface area contributed by atoms with Gasteiger partial charge in [-0.1, -0.05) is 38.1 Å². The second-order valence-electron chi connectivity index (χ2n) is 7.12. The van der Waals surface area contributed by atoms with Crippen molar-refractivity contribution in [2.45, 2.75) is 54.1 Å². The quantitative estimate of drug-likeness (QED) is 0.673. The number of hydrogen-bond donors (Lipinski definition) is 2. The molecule has 1 heterocycles. The fourth-order valence-corrected chi connectivity index (χ4v) is 3.57. The Hall–Kier alpha value is -1.92. The van der Waals surface area contributed by atoms with E-state index in [2.05, 4.69) is 74.4 Å². The second kappa shape index (κ2) is 9.85. The van der Waals surface area contributed by atoms with Crippen molar-refractivity contribution in [3.8, 4) is 0 Å². The van der Waals surface area contributed by atoms with Gasteiger partial charge in [0.25, 0.3) is 0 Å². The molecule has 2 rings (SSSR count). The van der Waals surface area contributed by atoms with Crippen molar-refractivity contribution in [3.05, 3.63) is 46.8 Å². The number of aromatic nitrogens is 2. The lowest BCUT2D eigenvalue weighted by atomic mass is 10.1. The first-order valence-electron chi connectivity index (χ1n) is 9.74. The van der Waals surface area contributed by atoms with Crippen LogP contribution in [0.1, 0.15) is 43.3 Å². The Kier molecular flexibility index (Phi) is 7.80. The summed E-state index contributed by atoms with van der Waals surface area (Å²) in [7, 11) is 0. The molecule has 0 fully saturated rings. The van der Waals surface area contributed by atoms with Crippen LogP contribution < -0.4 is 10.6 Å². The van der Waals surface area contributed by atoms with Gasteiger partial charge in [-0.05, 0) is 64.1 Å². The van der Waals surface area contributed by atoms with Crippen LogP contribution in [0.4, 0.5) is 5.69 Å². The Morgan fingerprint density at radius 1 is 1.19 bits per heavy atom. The zero-order chi connectivity index (χ0) is 20.0. The van der Waals surface area contributed by atoms with Gasteiger partial charge in [0, 0.05) is 12.6 Å². The van der Waals surface area contributed by atoms with E-state index >= 15 is 0 Å². The van der Waals surface area contributed by atoms with Gasteiger partial charge in [-0.15, -0.1) is 0 Å². The van der Waals surface area contributed by atoms with Gasteiger partial charge in [-0.3, -0.25) is 4.68 Å².